The van der Waals surface area contributed by atoms with Crippen molar-refractivity contribution in [3.05, 3.63) is 64.4 Å². The molecule has 0 aliphatic rings. The lowest BCUT2D eigenvalue weighted by molar-refractivity contribution is -0.885. The SMILES string of the molecule is Cc1ccc(C[NH+](C)CC(=O)Nc2cc(Cl)ccc2F)cc1. The minimum atomic E-state index is -0.492. The summed E-state index contributed by atoms with van der Waals surface area (Å²) in [6.45, 7) is 3.01. The van der Waals surface area contributed by atoms with Crippen molar-refractivity contribution in [1.82, 2.24) is 0 Å². The summed E-state index contributed by atoms with van der Waals surface area (Å²) in [7, 11) is 1.92. The third-order valence-corrected chi connectivity index (χ3v) is 3.53. The monoisotopic (exact) mass is 321 g/mol. The third kappa shape index (κ3) is 4.83. The Bertz CT molecular complexity index is 658. The van der Waals surface area contributed by atoms with Crippen molar-refractivity contribution in [3.63, 3.8) is 0 Å². The molecule has 0 spiro atoms. The standard InChI is InChI=1S/C17H18ClFN2O/c1-12-3-5-13(6-4-12)10-21(2)11-17(22)20-16-9-14(18)7-8-15(16)19/h3-9H,10-11H2,1-2H3,(H,20,22)/p+1. The van der Waals surface area contributed by atoms with Crippen LogP contribution >= 0.6 is 11.6 Å². The molecule has 2 rings (SSSR count). The Morgan fingerprint density at radius 3 is 2.59 bits per heavy atom. The number of rotatable bonds is 5. The fourth-order valence-electron chi connectivity index (χ4n) is 2.18. The lowest BCUT2D eigenvalue weighted by atomic mass is 10.1. The molecule has 2 aromatic carbocycles. The molecule has 0 saturated carbocycles. The van der Waals surface area contributed by atoms with Crippen LogP contribution in [0.3, 0.4) is 0 Å². The van der Waals surface area contributed by atoms with E-state index in [4.69, 9.17) is 11.6 Å². The summed E-state index contributed by atoms with van der Waals surface area (Å²) in [5.74, 6) is -0.736. The fourth-order valence-corrected chi connectivity index (χ4v) is 2.35. The third-order valence-electron chi connectivity index (χ3n) is 3.29. The van der Waals surface area contributed by atoms with Gasteiger partial charge in [-0.15, -0.1) is 0 Å². The van der Waals surface area contributed by atoms with Gasteiger partial charge in [0.05, 0.1) is 12.7 Å². The van der Waals surface area contributed by atoms with E-state index < -0.39 is 5.82 Å². The summed E-state index contributed by atoms with van der Waals surface area (Å²) < 4.78 is 13.6. The van der Waals surface area contributed by atoms with Crippen molar-refractivity contribution >= 4 is 23.2 Å². The molecule has 0 bridgehead atoms. The van der Waals surface area contributed by atoms with E-state index in [9.17, 15) is 9.18 Å². The highest BCUT2D eigenvalue weighted by Crippen LogP contribution is 2.19. The van der Waals surface area contributed by atoms with Crippen molar-refractivity contribution in [3.8, 4) is 0 Å². The fraction of sp³-hybridized carbons (Fsp3) is 0.235. The van der Waals surface area contributed by atoms with Crippen LogP contribution < -0.4 is 10.2 Å². The van der Waals surface area contributed by atoms with Crippen LogP contribution in [0.1, 0.15) is 11.1 Å². The quantitative estimate of drug-likeness (QED) is 0.871. The normalized spacial score (nSPS) is 12.0. The number of carbonyl (C=O) groups excluding carboxylic acids is 1. The van der Waals surface area contributed by atoms with Gasteiger partial charge in [0.2, 0.25) is 0 Å². The first kappa shape index (κ1) is 16.5. The highest BCUT2D eigenvalue weighted by molar-refractivity contribution is 6.30. The number of carbonyl (C=O) groups is 1. The van der Waals surface area contributed by atoms with Gasteiger partial charge in [-0.1, -0.05) is 41.4 Å². The zero-order chi connectivity index (χ0) is 16.1. The van der Waals surface area contributed by atoms with E-state index in [0.29, 0.717) is 5.02 Å². The maximum atomic E-state index is 13.6. The summed E-state index contributed by atoms with van der Waals surface area (Å²) in [4.78, 5) is 13.0. The van der Waals surface area contributed by atoms with Gasteiger partial charge in [0, 0.05) is 10.6 Å². The van der Waals surface area contributed by atoms with Crippen LogP contribution in [0.5, 0.6) is 0 Å². The molecular weight excluding hydrogens is 303 g/mol. The van der Waals surface area contributed by atoms with E-state index in [1.54, 1.807) is 0 Å². The summed E-state index contributed by atoms with van der Waals surface area (Å²) in [6.07, 6.45) is 0. The van der Waals surface area contributed by atoms with Crippen LogP contribution in [0.4, 0.5) is 10.1 Å². The maximum absolute atomic E-state index is 13.6. The van der Waals surface area contributed by atoms with E-state index in [0.717, 1.165) is 17.0 Å². The van der Waals surface area contributed by atoms with Crippen LogP contribution in [0.2, 0.25) is 5.02 Å². The first-order chi connectivity index (χ1) is 10.4. The second kappa shape index (κ2) is 7.38. The Labute approximate surface area is 134 Å². The molecule has 0 saturated heterocycles. The number of nitrogens with one attached hydrogen (secondary N) is 2. The number of aryl methyl sites for hydroxylation is 1. The Kier molecular flexibility index (Phi) is 5.52. The van der Waals surface area contributed by atoms with Crippen LogP contribution in [-0.4, -0.2) is 19.5 Å². The zero-order valence-electron chi connectivity index (χ0n) is 12.6. The molecule has 2 N–H and O–H groups in total. The van der Waals surface area contributed by atoms with Crippen LogP contribution in [0.15, 0.2) is 42.5 Å². The van der Waals surface area contributed by atoms with Gasteiger partial charge in [-0.2, -0.15) is 0 Å². The minimum absolute atomic E-state index is 0.112. The van der Waals surface area contributed by atoms with E-state index >= 15 is 0 Å². The number of quaternary nitrogens is 1. The van der Waals surface area contributed by atoms with Gasteiger partial charge in [-0.3, -0.25) is 4.79 Å². The molecule has 0 aromatic heterocycles. The van der Waals surface area contributed by atoms with Crippen molar-refractivity contribution in [2.24, 2.45) is 0 Å². The molecule has 22 heavy (non-hydrogen) atoms. The summed E-state index contributed by atoms with van der Waals surface area (Å²) in [5, 5.41) is 2.94. The zero-order valence-corrected chi connectivity index (χ0v) is 13.4. The number of amides is 1. The number of anilines is 1. The molecule has 1 atom stereocenters. The molecule has 0 radical (unpaired) electrons. The average molecular weight is 322 g/mol. The molecule has 0 fully saturated rings. The van der Waals surface area contributed by atoms with Gasteiger partial charge in [0.25, 0.3) is 5.91 Å². The molecule has 5 heteroatoms. The Morgan fingerprint density at radius 1 is 1.23 bits per heavy atom. The molecule has 1 unspecified atom stereocenters. The lowest BCUT2D eigenvalue weighted by Crippen LogP contribution is -3.08. The second-order valence-electron chi connectivity index (χ2n) is 5.47. The number of hydrogen-bond donors (Lipinski definition) is 2. The molecule has 2 aromatic rings. The Balaban J connectivity index is 1.91. The molecule has 3 nitrogen and oxygen atoms in total. The van der Waals surface area contributed by atoms with Gasteiger partial charge in [0.1, 0.15) is 12.4 Å². The van der Waals surface area contributed by atoms with E-state index in [-0.39, 0.29) is 18.1 Å². The molecular formula is C17H19ClFN2O+. The number of benzene rings is 2. The minimum Gasteiger partial charge on any atom is -0.326 e. The van der Waals surface area contributed by atoms with E-state index in [1.807, 2.05) is 38.2 Å². The van der Waals surface area contributed by atoms with Gasteiger partial charge in [0.15, 0.2) is 6.54 Å². The largest absolute Gasteiger partial charge is 0.326 e. The van der Waals surface area contributed by atoms with Gasteiger partial charge >= 0.3 is 0 Å². The lowest BCUT2D eigenvalue weighted by Gasteiger charge is -2.14. The molecule has 0 aliphatic carbocycles. The Hall–Kier alpha value is -1.91. The predicted molar refractivity (Wildman–Crippen MR) is 86.7 cm³/mol. The van der Waals surface area contributed by atoms with Crippen molar-refractivity contribution in [2.45, 2.75) is 13.5 Å². The molecule has 0 heterocycles. The maximum Gasteiger partial charge on any atom is 0.279 e. The van der Waals surface area contributed by atoms with Crippen molar-refractivity contribution in [2.75, 3.05) is 18.9 Å². The van der Waals surface area contributed by atoms with E-state index in [1.165, 1.54) is 23.8 Å². The number of halogens is 2. The molecule has 0 aliphatic heterocycles. The predicted octanol–water partition coefficient (Wildman–Crippen LogP) is 2.44. The first-order valence-electron chi connectivity index (χ1n) is 7.06. The van der Waals surface area contributed by atoms with Gasteiger partial charge < -0.3 is 10.2 Å². The number of hydrogen-bond acceptors (Lipinski definition) is 1. The summed E-state index contributed by atoms with van der Waals surface area (Å²) in [6, 6.07) is 12.3. The highest BCUT2D eigenvalue weighted by Gasteiger charge is 2.13. The first-order valence-corrected chi connectivity index (χ1v) is 7.43. The molecule has 116 valence electrons. The smallest absolute Gasteiger partial charge is 0.279 e. The summed E-state index contributed by atoms with van der Waals surface area (Å²) in [5.41, 5.74) is 2.47. The molecule has 1 amide bonds. The topological polar surface area (TPSA) is 33.5 Å². The average Bonchev–Trinajstić information content (AvgIpc) is 2.45. The van der Waals surface area contributed by atoms with Crippen LogP contribution in [0, 0.1) is 12.7 Å². The van der Waals surface area contributed by atoms with Crippen molar-refractivity contribution in [1.29, 1.82) is 0 Å². The highest BCUT2D eigenvalue weighted by atomic mass is 35.5. The van der Waals surface area contributed by atoms with Gasteiger partial charge in [-0.25, -0.2) is 4.39 Å². The van der Waals surface area contributed by atoms with Crippen LogP contribution in [0.25, 0.3) is 0 Å². The van der Waals surface area contributed by atoms with Crippen LogP contribution in [-0.2, 0) is 11.3 Å². The van der Waals surface area contributed by atoms with Gasteiger partial charge in [-0.05, 0) is 25.1 Å². The Morgan fingerprint density at radius 2 is 1.91 bits per heavy atom. The van der Waals surface area contributed by atoms with E-state index in [2.05, 4.69) is 5.32 Å². The summed E-state index contributed by atoms with van der Waals surface area (Å²) >= 11 is 5.80. The number of likely N-dealkylation sites (N-methyl/N-ethyl adjacent to an activating group) is 1. The second-order valence-corrected chi connectivity index (χ2v) is 5.91. The van der Waals surface area contributed by atoms with Crippen molar-refractivity contribution < 1.29 is 14.1 Å².